The molecule has 4 amide bonds. The number of hydrogen-bond acceptors (Lipinski definition) is 6. The number of carboxylic acids is 2. The zero-order valence-electron chi connectivity index (χ0n) is 19.6. The van der Waals surface area contributed by atoms with Gasteiger partial charge in [-0.25, -0.2) is 9.59 Å². The molecule has 5 rings (SSSR count). The maximum absolute atomic E-state index is 13.4. The van der Waals surface area contributed by atoms with Crippen LogP contribution in [0.15, 0.2) is 12.2 Å². The van der Waals surface area contributed by atoms with E-state index in [0.29, 0.717) is 0 Å². The lowest BCUT2D eigenvalue weighted by Gasteiger charge is -2.44. The molecule has 2 bridgehead atoms. The van der Waals surface area contributed by atoms with E-state index in [-0.39, 0.29) is 24.7 Å². The van der Waals surface area contributed by atoms with E-state index in [2.05, 4.69) is 0 Å². The Balaban J connectivity index is 1.70. The quantitative estimate of drug-likeness (QED) is 0.391. The topological polar surface area (TPSA) is 149 Å². The van der Waals surface area contributed by atoms with Crippen molar-refractivity contribution in [3.63, 3.8) is 0 Å². The number of carbonyl (C=O) groups is 6. The lowest BCUT2D eigenvalue weighted by molar-refractivity contribution is -0.156. The second-order valence-electron chi connectivity index (χ2n) is 10.7. The molecular formula is C24H30N2O8. The van der Waals surface area contributed by atoms with Gasteiger partial charge in [-0.15, -0.1) is 0 Å². The van der Waals surface area contributed by atoms with E-state index >= 15 is 0 Å². The summed E-state index contributed by atoms with van der Waals surface area (Å²) in [4.78, 5) is 79.2. The van der Waals surface area contributed by atoms with Gasteiger partial charge in [-0.3, -0.25) is 29.0 Å². The molecule has 2 saturated heterocycles. The van der Waals surface area contributed by atoms with Crippen LogP contribution in [0.25, 0.3) is 0 Å². The van der Waals surface area contributed by atoms with Crippen molar-refractivity contribution in [3.05, 3.63) is 12.2 Å². The van der Waals surface area contributed by atoms with Gasteiger partial charge < -0.3 is 10.2 Å². The van der Waals surface area contributed by atoms with E-state index in [1.807, 2.05) is 0 Å². The Bertz CT molecular complexity index is 879. The molecule has 0 aromatic rings. The molecule has 0 radical (unpaired) electrons. The van der Waals surface area contributed by atoms with Crippen molar-refractivity contribution in [2.75, 3.05) is 0 Å². The predicted octanol–water partition coefficient (Wildman–Crippen LogP) is 1.00. The largest absolute Gasteiger partial charge is 0.480 e. The zero-order chi connectivity index (χ0) is 25.2. The van der Waals surface area contributed by atoms with Crippen molar-refractivity contribution >= 4 is 35.6 Å². The van der Waals surface area contributed by atoms with Crippen molar-refractivity contribution in [2.45, 2.75) is 52.6 Å². The van der Waals surface area contributed by atoms with E-state index in [1.54, 1.807) is 39.8 Å². The van der Waals surface area contributed by atoms with Crippen LogP contribution >= 0.6 is 0 Å². The summed E-state index contributed by atoms with van der Waals surface area (Å²) in [7, 11) is 0. The summed E-state index contributed by atoms with van der Waals surface area (Å²) in [5, 5.41) is 19.5. The summed E-state index contributed by atoms with van der Waals surface area (Å²) in [6.07, 6.45) is 3.55. The Kier molecular flexibility index (Phi) is 5.90. The van der Waals surface area contributed by atoms with Gasteiger partial charge in [0.1, 0.15) is 12.1 Å². The van der Waals surface area contributed by atoms with E-state index < -0.39 is 83.2 Å². The minimum Gasteiger partial charge on any atom is -0.480 e. The van der Waals surface area contributed by atoms with Gasteiger partial charge in [0.05, 0.1) is 23.7 Å². The first kappa shape index (κ1) is 24.1. The first-order chi connectivity index (χ1) is 15.9. The van der Waals surface area contributed by atoms with Crippen LogP contribution in [0.1, 0.15) is 40.5 Å². The van der Waals surface area contributed by atoms with Gasteiger partial charge >= 0.3 is 11.9 Å². The number of carbonyl (C=O) groups excluding carboxylic acids is 4. The van der Waals surface area contributed by atoms with Crippen molar-refractivity contribution in [3.8, 4) is 0 Å². The molecule has 3 aliphatic carbocycles. The van der Waals surface area contributed by atoms with Crippen LogP contribution in [-0.2, 0) is 28.8 Å². The van der Waals surface area contributed by atoms with Crippen molar-refractivity contribution in [2.24, 2.45) is 47.3 Å². The van der Waals surface area contributed by atoms with Gasteiger partial charge in [0.25, 0.3) is 0 Å². The second-order valence-corrected chi connectivity index (χ2v) is 10.7. The molecule has 2 heterocycles. The lowest BCUT2D eigenvalue weighted by atomic mass is 9.54. The first-order valence-electron chi connectivity index (χ1n) is 11.8. The molecule has 34 heavy (non-hydrogen) atoms. The molecule has 184 valence electrons. The van der Waals surface area contributed by atoms with Gasteiger partial charge in [0.15, 0.2) is 0 Å². The molecule has 2 unspecified atom stereocenters. The third kappa shape index (κ3) is 3.37. The summed E-state index contributed by atoms with van der Waals surface area (Å²) in [5.74, 6) is -10.4. The number of carboxylic acid groups (broad SMARTS) is 2. The van der Waals surface area contributed by atoms with E-state index in [0.717, 1.165) is 9.80 Å². The third-order valence-corrected chi connectivity index (χ3v) is 7.66. The third-order valence-electron chi connectivity index (χ3n) is 7.66. The minimum absolute atomic E-state index is 0.0795. The van der Waals surface area contributed by atoms with Crippen molar-refractivity contribution in [1.29, 1.82) is 0 Å². The van der Waals surface area contributed by atoms with Crippen LogP contribution in [-0.4, -0.2) is 67.7 Å². The van der Waals surface area contributed by atoms with E-state index in [4.69, 9.17) is 0 Å². The average Bonchev–Trinajstić information content (AvgIpc) is 3.17. The highest BCUT2D eigenvalue weighted by molar-refractivity contribution is 6.13. The molecule has 5 aliphatic rings. The number of amides is 4. The molecule has 10 nitrogen and oxygen atoms in total. The molecule has 2 N–H and O–H groups in total. The Morgan fingerprint density at radius 3 is 1.15 bits per heavy atom. The fourth-order valence-corrected chi connectivity index (χ4v) is 6.41. The number of hydrogen-bond donors (Lipinski definition) is 2. The second kappa shape index (κ2) is 8.32. The smallest absolute Gasteiger partial charge is 0.326 e. The summed E-state index contributed by atoms with van der Waals surface area (Å²) in [5.41, 5.74) is 0. The van der Waals surface area contributed by atoms with E-state index in [9.17, 15) is 39.0 Å². The van der Waals surface area contributed by atoms with Gasteiger partial charge in [-0.2, -0.15) is 0 Å². The predicted molar refractivity (Wildman–Crippen MR) is 116 cm³/mol. The summed E-state index contributed by atoms with van der Waals surface area (Å²) in [6.45, 7) is 7.19. The maximum atomic E-state index is 13.4. The molecular weight excluding hydrogens is 444 g/mol. The number of imide groups is 2. The van der Waals surface area contributed by atoms with Gasteiger partial charge in [0.2, 0.25) is 23.6 Å². The Morgan fingerprint density at radius 2 is 0.941 bits per heavy atom. The summed E-state index contributed by atoms with van der Waals surface area (Å²) < 4.78 is 0. The molecule has 0 aromatic heterocycles. The SMILES string of the molecule is CC(C)C[C@H](C(=O)O)N1C(=O)[C@H]2C3C=CC([C@@H]4C(=O)N([C@@H](CC(C)C)C(=O)O)C(=O)[C@H]34)[C@@H]2C1=O. The fourth-order valence-electron chi connectivity index (χ4n) is 6.41. The molecule has 0 aromatic carbocycles. The number of rotatable bonds is 8. The highest BCUT2D eigenvalue weighted by Gasteiger charge is 2.70. The van der Waals surface area contributed by atoms with Gasteiger partial charge in [-0.05, 0) is 24.7 Å². The summed E-state index contributed by atoms with van der Waals surface area (Å²) in [6, 6.07) is -2.62. The van der Waals surface area contributed by atoms with Crippen molar-refractivity contribution in [1.82, 2.24) is 9.80 Å². The van der Waals surface area contributed by atoms with Crippen LogP contribution in [0.3, 0.4) is 0 Å². The van der Waals surface area contributed by atoms with Crippen LogP contribution in [0.2, 0.25) is 0 Å². The Morgan fingerprint density at radius 1 is 0.676 bits per heavy atom. The highest BCUT2D eigenvalue weighted by Crippen LogP contribution is 2.58. The van der Waals surface area contributed by atoms with Gasteiger partial charge in [-0.1, -0.05) is 39.8 Å². The first-order valence-corrected chi connectivity index (χ1v) is 11.8. The number of aliphatic carboxylic acids is 2. The zero-order valence-corrected chi connectivity index (χ0v) is 19.6. The maximum Gasteiger partial charge on any atom is 0.326 e. The number of allylic oxidation sites excluding steroid dienone is 2. The van der Waals surface area contributed by atoms with Crippen LogP contribution in [0, 0.1) is 47.3 Å². The van der Waals surface area contributed by atoms with Crippen LogP contribution < -0.4 is 0 Å². The molecule has 3 fully saturated rings. The Hall–Kier alpha value is -3.04. The fraction of sp³-hybridized carbons (Fsp3) is 0.667. The van der Waals surface area contributed by atoms with Crippen LogP contribution in [0.4, 0.5) is 0 Å². The highest BCUT2D eigenvalue weighted by atomic mass is 16.4. The average molecular weight is 475 g/mol. The summed E-state index contributed by atoms with van der Waals surface area (Å²) >= 11 is 0. The molecule has 0 spiro atoms. The number of nitrogens with zero attached hydrogens (tertiary/aromatic N) is 2. The molecule has 8 atom stereocenters. The minimum atomic E-state index is -1.31. The number of likely N-dealkylation sites (tertiary alicyclic amines) is 2. The van der Waals surface area contributed by atoms with Crippen LogP contribution in [0.5, 0.6) is 0 Å². The lowest BCUT2D eigenvalue weighted by Crippen LogP contribution is -2.50. The normalized spacial score (nSPS) is 33.7. The van der Waals surface area contributed by atoms with E-state index in [1.165, 1.54) is 0 Å². The molecule has 2 aliphatic heterocycles. The molecule has 10 heteroatoms. The monoisotopic (exact) mass is 474 g/mol. The van der Waals surface area contributed by atoms with Crippen molar-refractivity contribution < 1.29 is 39.0 Å². The molecule has 1 saturated carbocycles. The Labute approximate surface area is 196 Å². The standard InChI is InChI=1S/C24H30N2O8/c1-9(2)7-13(23(31)32)25-19(27)15-11-5-6-12(16(15)20(25)28)18-17(11)21(29)26(22(18)30)14(24(33)34)8-10(3)4/h5-6,9-18H,7-8H2,1-4H3,(H,31,32)(H,33,34)/t11?,12?,13-,14+,15-,16+,17-,18-/m0/s1. The van der Waals surface area contributed by atoms with Gasteiger partial charge in [0, 0.05) is 11.8 Å².